The molecule has 0 spiro atoms. The summed E-state index contributed by atoms with van der Waals surface area (Å²) >= 11 is 5.86. The molecule has 0 radical (unpaired) electrons. The lowest BCUT2D eigenvalue weighted by molar-refractivity contribution is 0.602. The van der Waals surface area contributed by atoms with Crippen molar-refractivity contribution in [3.8, 4) is 0 Å². The number of anilines is 1. The lowest BCUT2D eigenvalue weighted by atomic mass is 10.2. The number of nitrogens with zero attached hydrogens (tertiary/aromatic N) is 2. The molecule has 1 aromatic heterocycles. The molecule has 19 heavy (non-hydrogen) atoms. The van der Waals surface area contributed by atoms with Crippen LogP contribution in [0, 0.1) is 0 Å². The second-order valence-electron chi connectivity index (χ2n) is 3.97. The zero-order valence-corrected chi connectivity index (χ0v) is 11.7. The van der Waals surface area contributed by atoms with Gasteiger partial charge in [0.25, 0.3) is 0 Å². The molecule has 0 aliphatic carbocycles. The Bertz CT molecular complexity index is 672. The van der Waals surface area contributed by atoms with E-state index in [1.165, 1.54) is 12.5 Å². The summed E-state index contributed by atoms with van der Waals surface area (Å²) in [5, 5.41) is 3.33. The lowest BCUT2D eigenvalue weighted by Gasteiger charge is -2.07. The first kappa shape index (κ1) is 13.8. The SMILES string of the molecule is CS(=O)(=O)c1ccc(CNc2nccnc2Cl)cc1. The van der Waals surface area contributed by atoms with E-state index in [0.717, 1.165) is 5.56 Å². The zero-order valence-electron chi connectivity index (χ0n) is 10.2. The van der Waals surface area contributed by atoms with Gasteiger partial charge in [-0.2, -0.15) is 0 Å². The van der Waals surface area contributed by atoms with Crippen LogP contribution in [0.2, 0.25) is 5.15 Å². The van der Waals surface area contributed by atoms with Crippen molar-refractivity contribution in [3.63, 3.8) is 0 Å². The molecule has 100 valence electrons. The van der Waals surface area contributed by atoms with Gasteiger partial charge in [-0.1, -0.05) is 23.7 Å². The fourth-order valence-corrected chi connectivity index (χ4v) is 2.28. The minimum atomic E-state index is -3.16. The molecule has 0 unspecified atom stereocenters. The predicted octanol–water partition coefficient (Wildman–Crippen LogP) is 2.15. The molecule has 0 saturated heterocycles. The van der Waals surface area contributed by atoms with Crippen molar-refractivity contribution in [2.24, 2.45) is 0 Å². The summed E-state index contributed by atoms with van der Waals surface area (Å²) in [6.45, 7) is 0.489. The molecule has 0 amide bonds. The fraction of sp³-hybridized carbons (Fsp3) is 0.167. The predicted molar refractivity (Wildman–Crippen MR) is 73.9 cm³/mol. The highest BCUT2D eigenvalue weighted by Gasteiger charge is 2.06. The van der Waals surface area contributed by atoms with E-state index in [2.05, 4.69) is 15.3 Å². The molecular formula is C12H12ClN3O2S. The number of benzene rings is 1. The summed E-state index contributed by atoms with van der Waals surface area (Å²) < 4.78 is 22.6. The average Bonchev–Trinajstić information content (AvgIpc) is 2.37. The third-order valence-corrected chi connectivity index (χ3v) is 3.87. The van der Waals surface area contributed by atoms with Crippen LogP contribution in [0.15, 0.2) is 41.6 Å². The van der Waals surface area contributed by atoms with Crippen LogP contribution in [0.3, 0.4) is 0 Å². The fourth-order valence-electron chi connectivity index (χ4n) is 1.48. The van der Waals surface area contributed by atoms with Gasteiger partial charge in [-0.05, 0) is 17.7 Å². The van der Waals surface area contributed by atoms with Gasteiger partial charge in [0.15, 0.2) is 20.8 Å². The van der Waals surface area contributed by atoms with Crippen molar-refractivity contribution < 1.29 is 8.42 Å². The number of hydrogen-bond acceptors (Lipinski definition) is 5. The molecule has 0 aliphatic heterocycles. The van der Waals surface area contributed by atoms with E-state index >= 15 is 0 Å². The number of sulfone groups is 1. The molecule has 0 saturated carbocycles. The van der Waals surface area contributed by atoms with Crippen molar-refractivity contribution in [3.05, 3.63) is 47.4 Å². The van der Waals surface area contributed by atoms with Gasteiger partial charge in [0.05, 0.1) is 4.90 Å². The number of aromatic nitrogens is 2. The summed E-state index contributed by atoms with van der Waals surface area (Å²) in [7, 11) is -3.16. The minimum absolute atomic E-state index is 0.300. The third-order valence-electron chi connectivity index (χ3n) is 2.47. The van der Waals surface area contributed by atoms with E-state index in [4.69, 9.17) is 11.6 Å². The van der Waals surface area contributed by atoms with Crippen LogP contribution in [0.4, 0.5) is 5.82 Å². The van der Waals surface area contributed by atoms with Crippen LogP contribution in [-0.2, 0) is 16.4 Å². The van der Waals surface area contributed by atoms with Gasteiger partial charge in [-0.15, -0.1) is 0 Å². The first-order valence-corrected chi connectivity index (χ1v) is 7.73. The Labute approximate surface area is 116 Å². The highest BCUT2D eigenvalue weighted by Crippen LogP contribution is 2.16. The second kappa shape index (κ2) is 5.54. The maximum atomic E-state index is 11.3. The summed E-state index contributed by atoms with van der Waals surface area (Å²) in [4.78, 5) is 8.25. The van der Waals surface area contributed by atoms with Gasteiger partial charge < -0.3 is 5.32 Å². The molecule has 0 bridgehead atoms. The van der Waals surface area contributed by atoms with E-state index in [-0.39, 0.29) is 0 Å². The summed E-state index contributed by atoms with van der Waals surface area (Å²) in [5.74, 6) is 0.497. The van der Waals surface area contributed by atoms with Gasteiger partial charge in [0.2, 0.25) is 0 Å². The maximum Gasteiger partial charge on any atom is 0.175 e. The van der Waals surface area contributed by atoms with Crippen molar-refractivity contribution in [2.75, 3.05) is 11.6 Å². The molecule has 7 heteroatoms. The van der Waals surface area contributed by atoms with Gasteiger partial charge in [0, 0.05) is 25.2 Å². The average molecular weight is 298 g/mol. The van der Waals surface area contributed by atoms with Crippen LogP contribution in [0.5, 0.6) is 0 Å². The Morgan fingerprint density at radius 1 is 1.16 bits per heavy atom. The third kappa shape index (κ3) is 3.65. The Kier molecular flexibility index (Phi) is 4.01. The molecule has 0 atom stereocenters. The molecule has 2 rings (SSSR count). The number of hydrogen-bond donors (Lipinski definition) is 1. The van der Waals surface area contributed by atoms with E-state index in [1.807, 2.05) is 0 Å². The second-order valence-corrected chi connectivity index (χ2v) is 6.34. The maximum absolute atomic E-state index is 11.3. The van der Waals surface area contributed by atoms with Crippen molar-refractivity contribution in [1.82, 2.24) is 9.97 Å². The van der Waals surface area contributed by atoms with Crippen LogP contribution in [0.25, 0.3) is 0 Å². The van der Waals surface area contributed by atoms with Gasteiger partial charge in [-0.25, -0.2) is 18.4 Å². The van der Waals surface area contributed by atoms with Crippen molar-refractivity contribution in [1.29, 1.82) is 0 Å². The lowest BCUT2D eigenvalue weighted by Crippen LogP contribution is -2.03. The monoisotopic (exact) mass is 297 g/mol. The van der Waals surface area contributed by atoms with Crippen LogP contribution in [-0.4, -0.2) is 24.6 Å². The van der Waals surface area contributed by atoms with Crippen LogP contribution in [0.1, 0.15) is 5.56 Å². The Balaban J connectivity index is 2.07. The van der Waals surface area contributed by atoms with Crippen LogP contribution >= 0.6 is 11.6 Å². The largest absolute Gasteiger partial charge is 0.363 e. The van der Waals surface area contributed by atoms with Gasteiger partial charge in [0.1, 0.15) is 0 Å². The molecule has 5 nitrogen and oxygen atoms in total. The summed E-state index contributed by atoms with van der Waals surface area (Å²) in [5.41, 5.74) is 0.925. The van der Waals surface area contributed by atoms with E-state index in [9.17, 15) is 8.42 Å². The Morgan fingerprint density at radius 3 is 2.37 bits per heavy atom. The number of rotatable bonds is 4. The zero-order chi connectivity index (χ0) is 13.9. The molecule has 1 N–H and O–H groups in total. The Hall–Kier alpha value is -1.66. The van der Waals surface area contributed by atoms with Gasteiger partial charge in [-0.3, -0.25) is 0 Å². The van der Waals surface area contributed by atoms with Gasteiger partial charge >= 0.3 is 0 Å². The number of halogens is 1. The minimum Gasteiger partial charge on any atom is -0.363 e. The topological polar surface area (TPSA) is 72.0 Å². The van der Waals surface area contributed by atoms with Crippen molar-refractivity contribution >= 4 is 27.3 Å². The van der Waals surface area contributed by atoms with Crippen molar-refractivity contribution in [2.45, 2.75) is 11.4 Å². The van der Waals surface area contributed by atoms with E-state index in [1.54, 1.807) is 30.5 Å². The molecule has 1 aromatic carbocycles. The first-order chi connectivity index (χ1) is 8.97. The molecule has 2 aromatic rings. The quantitative estimate of drug-likeness (QED) is 0.936. The number of nitrogens with one attached hydrogen (secondary N) is 1. The summed E-state index contributed by atoms with van der Waals surface area (Å²) in [6, 6.07) is 6.64. The molecule has 0 aliphatic rings. The highest BCUT2D eigenvalue weighted by atomic mass is 35.5. The normalized spacial score (nSPS) is 11.3. The van der Waals surface area contributed by atoms with E-state index < -0.39 is 9.84 Å². The smallest absolute Gasteiger partial charge is 0.175 e. The standard InChI is InChI=1S/C12H12ClN3O2S/c1-19(17,18)10-4-2-9(3-5-10)8-16-12-11(13)14-6-7-15-12/h2-7H,8H2,1H3,(H,15,16). The Morgan fingerprint density at radius 2 is 1.79 bits per heavy atom. The first-order valence-electron chi connectivity index (χ1n) is 5.46. The molecular weight excluding hydrogens is 286 g/mol. The van der Waals surface area contributed by atoms with Crippen LogP contribution < -0.4 is 5.32 Å². The highest BCUT2D eigenvalue weighted by molar-refractivity contribution is 7.90. The summed E-state index contributed by atoms with van der Waals surface area (Å²) in [6.07, 6.45) is 4.23. The van der Waals surface area contributed by atoms with E-state index in [0.29, 0.717) is 22.4 Å². The molecule has 1 heterocycles. The molecule has 0 fully saturated rings.